The number of unbranched alkanes of at least 4 members (excludes halogenated alkanes) is 1. The number of hydrogen-bond donors (Lipinski definition) is 2. The van der Waals surface area contributed by atoms with Crippen molar-refractivity contribution >= 4 is 5.91 Å². The Morgan fingerprint density at radius 2 is 1.80 bits per heavy atom. The fourth-order valence-electron chi connectivity index (χ4n) is 1.64. The topological polar surface area (TPSA) is 41.1 Å². The van der Waals surface area contributed by atoms with Gasteiger partial charge in [0.15, 0.2) is 0 Å². The number of benzene rings is 1. The van der Waals surface area contributed by atoms with Gasteiger partial charge in [-0.1, -0.05) is 30.3 Å². The average Bonchev–Trinajstić information content (AvgIpc) is 2.40. The lowest BCUT2D eigenvalue weighted by molar-refractivity contribution is -0.135. The number of nitrogens with one attached hydrogen (secondary N) is 2. The first-order valence-electron chi connectivity index (χ1n) is 6.55. The number of carbonyl (C=O) groups is 1. The summed E-state index contributed by atoms with van der Waals surface area (Å²) in [6.07, 6.45) is -4.37. The molecule has 0 aliphatic heterocycles. The van der Waals surface area contributed by atoms with Crippen molar-refractivity contribution in [2.75, 3.05) is 13.1 Å². The second kappa shape index (κ2) is 8.58. The number of halogens is 3. The summed E-state index contributed by atoms with van der Waals surface area (Å²) in [5.41, 5.74) is 1.01. The Kier molecular flexibility index (Phi) is 7.08. The molecule has 6 heteroatoms. The molecule has 1 amide bonds. The van der Waals surface area contributed by atoms with Crippen LogP contribution in [0.25, 0.3) is 0 Å². The molecule has 0 saturated heterocycles. The van der Waals surface area contributed by atoms with Crippen LogP contribution in [0, 0.1) is 0 Å². The third-order valence-corrected chi connectivity index (χ3v) is 2.68. The molecule has 0 bridgehead atoms. The van der Waals surface area contributed by atoms with Gasteiger partial charge in [0.25, 0.3) is 0 Å². The molecule has 0 aliphatic rings. The predicted octanol–water partition coefficient (Wildman–Crippen LogP) is 2.63. The van der Waals surface area contributed by atoms with Crippen LogP contribution in [0.2, 0.25) is 0 Å². The number of carbonyl (C=O) groups excluding carboxylic acids is 1. The summed E-state index contributed by atoms with van der Waals surface area (Å²) in [7, 11) is 0. The van der Waals surface area contributed by atoms with Crippen LogP contribution < -0.4 is 10.6 Å². The lowest BCUT2D eigenvalue weighted by Crippen LogP contribution is -2.33. The zero-order valence-electron chi connectivity index (χ0n) is 11.2. The molecule has 0 saturated carbocycles. The molecular formula is C14H19F3N2O. The van der Waals surface area contributed by atoms with E-state index in [0.717, 1.165) is 5.56 Å². The molecule has 0 radical (unpaired) electrons. The lowest BCUT2D eigenvalue weighted by Gasteiger charge is -2.08. The quantitative estimate of drug-likeness (QED) is 0.722. The highest BCUT2D eigenvalue weighted by Crippen LogP contribution is 2.21. The second-order valence-electron chi connectivity index (χ2n) is 4.51. The van der Waals surface area contributed by atoms with Crippen molar-refractivity contribution in [3.05, 3.63) is 35.9 Å². The van der Waals surface area contributed by atoms with Crippen LogP contribution in [-0.4, -0.2) is 25.2 Å². The highest BCUT2D eigenvalue weighted by molar-refractivity contribution is 5.77. The molecular weight excluding hydrogens is 269 g/mol. The second-order valence-corrected chi connectivity index (χ2v) is 4.51. The fraction of sp³-hybridized carbons (Fsp3) is 0.500. The van der Waals surface area contributed by atoms with Crippen molar-refractivity contribution in [2.24, 2.45) is 0 Å². The molecule has 1 aromatic carbocycles. The Labute approximate surface area is 116 Å². The van der Waals surface area contributed by atoms with Crippen molar-refractivity contribution in [3.63, 3.8) is 0 Å². The molecule has 0 heterocycles. The zero-order valence-corrected chi connectivity index (χ0v) is 11.2. The van der Waals surface area contributed by atoms with Crippen LogP contribution >= 0.6 is 0 Å². The van der Waals surface area contributed by atoms with E-state index in [-0.39, 0.29) is 18.9 Å². The Morgan fingerprint density at radius 1 is 1.10 bits per heavy atom. The maximum Gasteiger partial charge on any atom is 0.389 e. The van der Waals surface area contributed by atoms with Gasteiger partial charge in [0.2, 0.25) is 5.91 Å². The Bertz CT molecular complexity index is 393. The Hall–Kier alpha value is -1.56. The lowest BCUT2D eigenvalue weighted by atomic mass is 10.2. The summed E-state index contributed by atoms with van der Waals surface area (Å²) < 4.78 is 35.6. The molecule has 0 aromatic heterocycles. The Balaban J connectivity index is 2.01. The molecule has 0 aliphatic carbocycles. The first-order chi connectivity index (χ1) is 9.47. The van der Waals surface area contributed by atoms with Crippen molar-refractivity contribution in [1.29, 1.82) is 0 Å². The van der Waals surface area contributed by atoms with Crippen molar-refractivity contribution in [3.8, 4) is 0 Å². The molecule has 1 rings (SSSR count). The minimum absolute atomic E-state index is 0.0855. The van der Waals surface area contributed by atoms with Gasteiger partial charge in [-0.15, -0.1) is 0 Å². The van der Waals surface area contributed by atoms with E-state index in [2.05, 4.69) is 10.6 Å². The predicted molar refractivity (Wildman–Crippen MR) is 71.1 cm³/mol. The van der Waals surface area contributed by atoms with Crippen LogP contribution in [0.15, 0.2) is 30.3 Å². The van der Waals surface area contributed by atoms with Gasteiger partial charge in [0.1, 0.15) is 0 Å². The molecule has 112 valence electrons. The molecule has 1 aromatic rings. The fourth-order valence-corrected chi connectivity index (χ4v) is 1.64. The summed E-state index contributed by atoms with van der Waals surface area (Å²) in [6.45, 7) is 0.989. The SMILES string of the molecule is O=C(CNCCCCC(F)(F)F)NCc1ccccc1. The van der Waals surface area contributed by atoms with E-state index < -0.39 is 12.6 Å². The molecule has 2 N–H and O–H groups in total. The highest BCUT2D eigenvalue weighted by atomic mass is 19.4. The van der Waals surface area contributed by atoms with Gasteiger partial charge in [-0.25, -0.2) is 0 Å². The molecule has 20 heavy (non-hydrogen) atoms. The summed E-state index contributed by atoms with van der Waals surface area (Å²) in [5, 5.41) is 5.56. The van der Waals surface area contributed by atoms with E-state index in [1.54, 1.807) is 0 Å². The van der Waals surface area contributed by atoms with Crippen LogP contribution in [0.1, 0.15) is 24.8 Å². The van der Waals surface area contributed by atoms with Crippen LogP contribution in [0.3, 0.4) is 0 Å². The monoisotopic (exact) mass is 288 g/mol. The van der Waals surface area contributed by atoms with Gasteiger partial charge < -0.3 is 10.6 Å². The third-order valence-electron chi connectivity index (χ3n) is 2.68. The minimum atomic E-state index is -4.09. The van der Waals surface area contributed by atoms with Gasteiger partial charge >= 0.3 is 6.18 Å². The molecule has 0 atom stereocenters. The van der Waals surface area contributed by atoms with Gasteiger partial charge in [-0.05, 0) is 24.9 Å². The highest BCUT2D eigenvalue weighted by Gasteiger charge is 2.25. The van der Waals surface area contributed by atoms with Crippen LogP contribution in [-0.2, 0) is 11.3 Å². The van der Waals surface area contributed by atoms with E-state index in [9.17, 15) is 18.0 Å². The summed E-state index contributed by atoms with van der Waals surface area (Å²) in [6, 6.07) is 9.49. The first kappa shape index (κ1) is 16.5. The first-order valence-corrected chi connectivity index (χ1v) is 6.55. The number of amides is 1. The standard InChI is InChI=1S/C14H19F3N2O/c15-14(16,17)8-4-5-9-18-11-13(20)19-10-12-6-2-1-3-7-12/h1-3,6-7,18H,4-5,8-11H2,(H,19,20). The van der Waals surface area contributed by atoms with E-state index >= 15 is 0 Å². The number of hydrogen-bond acceptors (Lipinski definition) is 2. The van der Waals surface area contributed by atoms with Gasteiger partial charge in [-0.2, -0.15) is 13.2 Å². The molecule has 0 fully saturated rings. The molecule has 3 nitrogen and oxygen atoms in total. The van der Waals surface area contributed by atoms with Gasteiger partial charge in [0.05, 0.1) is 6.54 Å². The van der Waals surface area contributed by atoms with Gasteiger partial charge in [-0.3, -0.25) is 4.79 Å². The van der Waals surface area contributed by atoms with Gasteiger partial charge in [0, 0.05) is 13.0 Å². The third kappa shape index (κ3) is 8.53. The van der Waals surface area contributed by atoms with E-state index in [4.69, 9.17) is 0 Å². The minimum Gasteiger partial charge on any atom is -0.351 e. The maximum atomic E-state index is 11.9. The zero-order chi connectivity index (χ0) is 14.8. The average molecular weight is 288 g/mol. The van der Waals surface area contributed by atoms with Crippen LogP contribution in [0.5, 0.6) is 0 Å². The van der Waals surface area contributed by atoms with E-state index in [1.807, 2.05) is 30.3 Å². The van der Waals surface area contributed by atoms with Crippen molar-refractivity contribution < 1.29 is 18.0 Å². The normalized spacial score (nSPS) is 11.3. The summed E-state index contributed by atoms with van der Waals surface area (Å²) in [4.78, 5) is 11.5. The van der Waals surface area contributed by atoms with Crippen LogP contribution in [0.4, 0.5) is 13.2 Å². The summed E-state index contributed by atoms with van der Waals surface area (Å²) >= 11 is 0. The number of alkyl halides is 3. The van der Waals surface area contributed by atoms with E-state index in [1.165, 1.54) is 0 Å². The maximum absolute atomic E-state index is 11.9. The smallest absolute Gasteiger partial charge is 0.351 e. The van der Waals surface area contributed by atoms with Crippen molar-refractivity contribution in [1.82, 2.24) is 10.6 Å². The molecule has 0 spiro atoms. The summed E-state index contributed by atoms with van der Waals surface area (Å²) in [5.74, 6) is -0.162. The van der Waals surface area contributed by atoms with Crippen molar-refractivity contribution in [2.45, 2.75) is 32.0 Å². The van der Waals surface area contributed by atoms with E-state index in [0.29, 0.717) is 19.5 Å². The largest absolute Gasteiger partial charge is 0.389 e. The number of rotatable bonds is 8. The Morgan fingerprint density at radius 3 is 2.45 bits per heavy atom. The molecule has 0 unspecified atom stereocenters.